The number of halogens is 2. The number of alkyl halides is 1. The minimum absolute atomic E-state index is 0.0835. The number of rotatable bonds is 3. The first kappa shape index (κ1) is 21.5. The van der Waals surface area contributed by atoms with Gasteiger partial charge in [-0.2, -0.15) is 0 Å². The molecule has 158 valence electrons. The minimum Gasteiger partial charge on any atom is -0.336 e. The molecule has 2 aliphatic heterocycles. The Morgan fingerprint density at radius 3 is 2.38 bits per heavy atom. The van der Waals surface area contributed by atoms with E-state index in [-0.39, 0.29) is 32.1 Å². The molecule has 8 nitrogen and oxygen atoms in total. The second-order valence-corrected chi connectivity index (χ2v) is 9.32. The molecule has 0 bridgehead atoms. The van der Waals surface area contributed by atoms with E-state index < -0.39 is 35.6 Å². The Morgan fingerprint density at radius 2 is 1.83 bits per heavy atom. The van der Waals surface area contributed by atoms with Gasteiger partial charge in [0.25, 0.3) is 11.8 Å². The summed E-state index contributed by atoms with van der Waals surface area (Å²) < 4.78 is 15.1. The maximum Gasteiger partial charge on any atom is 0.325 e. The van der Waals surface area contributed by atoms with Gasteiger partial charge in [-0.15, -0.1) is 11.3 Å². The van der Waals surface area contributed by atoms with Gasteiger partial charge in [-0.05, 0) is 32.2 Å². The van der Waals surface area contributed by atoms with Gasteiger partial charge in [0, 0.05) is 13.1 Å². The van der Waals surface area contributed by atoms with Crippen molar-refractivity contribution < 1.29 is 23.6 Å². The summed E-state index contributed by atoms with van der Waals surface area (Å²) in [6.07, 6.45) is 0. The van der Waals surface area contributed by atoms with E-state index in [1.807, 2.05) is 0 Å². The fourth-order valence-electron chi connectivity index (χ4n) is 3.42. The summed E-state index contributed by atoms with van der Waals surface area (Å²) in [6, 6.07) is 0.941. The van der Waals surface area contributed by atoms with Crippen LogP contribution in [-0.2, 0) is 9.59 Å². The minimum atomic E-state index is -1.86. The fraction of sp³-hybridized carbons (Fsp3) is 0.556. The molecule has 2 fully saturated rings. The van der Waals surface area contributed by atoms with Gasteiger partial charge >= 0.3 is 6.03 Å². The van der Waals surface area contributed by atoms with Crippen LogP contribution in [-0.4, -0.2) is 82.4 Å². The Balaban J connectivity index is 1.71. The monoisotopic (exact) mass is 444 g/mol. The summed E-state index contributed by atoms with van der Waals surface area (Å²) in [6.45, 7) is 3.68. The molecular weight excluding hydrogens is 423 g/mol. The number of hydrogen-bond acceptors (Lipinski definition) is 5. The maximum absolute atomic E-state index is 15.1. The van der Waals surface area contributed by atoms with Gasteiger partial charge in [-0.3, -0.25) is 19.3 Å². The lowest BCUT2D eigenvalue weighted by molar-refractivity contribution is -0.139. The molecule has 0 aliphatic carbocycles. The van der Waals surface area contributed by atoms with Crippen molar-refractivity contribution in [3.05, 3.63) is 21.3 Å². The fourth-order valence-corrected chi connectivity index (χ4v) is 4.52. The van der Waals surface area contributed by atoms with Crippen molar-refractivity contribution in [2.24, 2.45) is 0 Å². The molecule has 1 N–H and O–H groups in total. The summed E-state index contributed by atoms with van der Waals surface area (Å²) in [5.41, 5.74) is -2.95. The predicted octanol–water partition coefficient (Wildman–Crippen LogP) is 1.74. The molecule has 3 rings (SSSR count). The molecule has 1 unspecified atom stereocenters. The van der Waals surface area contributed by atoms with Crippen LogP contribution in [0.4, 0.5) is 9.18 Å². The lowest BCUT2D eigenvalue weighted by Crippen LogP contribution is -2.48. The van der Waals surface area contributed by atoms with Crippen LogP contribution in [0.5, 0.6) is 0 Å². The molecule has 0 saturated carbocycles. The van der Waals surface area contributed by atoms with Crippen LogP contribution in [0.1, 0.15) is 30.4 Å². The lowest BCUT2D eigenvalue weighted by Gasteiger charge is -2.28. The highest BCUT2D eigenvalue weighted by molar-refractivity contribution is 7.12. The first-order chi connectivity index (χ1) is 13.4. The number of urea groups is 1. The number of hydrogen-bond donors (Lipinski definition) is 1. The average Bonchev–Trinajstić information content (AvgIpc) is 3.05. The van der Waals surface area contributed by atoms with E-state index in [4.69, 9.17) is 11.6 Å². The smallest absolute Gasteiger partial charge is 0.325 e. The lowest BCUT2D eigenvalue weighted by atomic mass is 10.1. The van der Waals surface area contributed by atoms with Crippen LogP contribution in [0.2, 0.25) is 5.02 Å². The van der Waals surface area contributed by atoms with Crippen molar-refractivity contribution in [2.45, 2.75) is 32.0 Å². The first-order valence-corrected chi connectivity index (χ1v) is 10.3. The summed E-state index contributed by atoms with van der Waals surface area (Å²) in [4.78, 5) is 53.5. The quantitative estimate of drug-likeness (QED) is 0.719. The van der Waals surface area contributed by atoms with E-state index in [1.165, 1.54) is 28.1 Å². The number of nitrogens with zero attached hydrogens (tertiary/aromatic N) is 3. The second kappa shape index (κ2) is 7.56. The van der Waals surface area contributed by atoms with Crippen molar-refractivity contribution in [3.63, 3.8) is 0 Å². The molecule has 3 heterocycles. The molecule has 11 heteroatoms. The third-order valence-electron chi connectivity index (χ3n) is 4.87. The van der Waals surface area contributed by atoms with Crippen molar-refractivity contribution in [1.82, 2.24) is 20.0 Å². The molecule has 5 amide bonds. The Bertz CT molecular complexity index is 872. The zero-order chi connectivity index (χ0) is 21.6. The van der Waals surface area contributed by atoms with Crippen LogP contribution >= 0.6 is 22.9 Å². The number of carbonyl (C=O) groups is 4. The van der Waals surface area contributed by atoms with Gasteiger partial charge in [-0.1, -0.05) is 11.6 Å². The van der Waals surface area contributed by atoms with E-state index in [0.717, 1.165) is 4.90 Å². The van der Waals surface area contributed by atoms with E-state index in [1.54, 1.807) is 25.3 Å². The van der Waals surface area contributed by atoms with Crippen molar-refractivity contribution in [2.75, 3.05) is 32.7 Å². The summed E-state index contributed by atoms with van der Waals surface area (Å²) in [5.74, 6) is -1.46. The van der Waals surface area contributed by atoms with Gasteiger partial charge in [-0.25, -0.2) is 9.18 Å². The molecular formula is C18H22ClFN4O4S. The normalized spacial score (nSPS) is 24.5. The van der Waals surface area contributed by atoms with E-state index in [9.17, 15) is 19.2 Å². The van der Waals surface area contributed by atoms with Crippen molar-refractivity contribution >= 4 is 46.7 Å². The van der Waals surface area contributed by atoms with Crippen LogP contribution in [0, 0.1) is 0 Å². The molecule has 2 aliphatic rings. The molecule has 2 saturated heterocycles. The third-order valence-corrected chi connectivity index (χ3v) is 6.20. The maximum atomic E-state index is 15.1. The molecule has 0 aromatic carbocycles. The van der Waals surface area contributed by atoms with Crippen LogP contribution in [0.25, 0.3) is 0 Å². The summed E-state index contributed by atoms with van der Waals surface area (Å²) in [5, 5.41) is 4.48. The van der Waals surface area contributed by atoms with Gasteiger partial charge in [0.05, 0.1) is 18.1 Å². The van der Waals surface area contributed by atoms with E-state index in [0.29, 0.717) is 9.90 Å². The van der Waals surface area contributed by atoms with Crippen molar-refractivity contribution in [3.8, 4) is 0 Å². The Morgan fingerprint density at radius 1 is 1.21 bits per heavy atom. The van der Waals surface area contributed by atoms with Gasteiger partial charge in [0.1, 0.15) is 22.6 Å². The number of nitrogens with one attached hydrogen (secondary N) is 1. The first-order valence-electron chi connectivity index (χ1n) is 9.04. The zero-order valence-corrected chi connectivity index (χ0v) is 17.9. The largest absolute Gasteiger partial charge is 0.336 e. The zero-order valence-electron chi connectivity index (χ0n) is 16.3. The standard InChI is InChI=1S/C18H22ClFN4O4S/c1-17(2)15(27)24(16(28)21-17)8-12(25)22-5-6-23(10-18(3,20)9-22)14(26)13-11(19)4-7-29-13/h4,7H,5-6,8-10H2,1-3H3,(H,21,28). The Labute approximate surface area is 176 Å². The highest BCUT2D eigenvalue weighted by Gasteiger charge is 2.46. The Kier molecular flexibility index (Phi) is 5.61. The number of thiophene rings is 1. The van der Waals surface area contributed by atoms with E-state index in [2.05, 4.69) is 5.32 Å². The van der Waals surface area contributed by atoms with Gasteiger partial charge in [0.2, 0.25) is 5.91 Å². The highest BCUT2D eigenvalue weighted by atomic mass is 35.5. The summed E-state index contributed by atoms with van der Waals surface area (Å²) in [7, 11) is 0. The van der Waals surface area contributed by atoms with Crippen LogP contribution < -0.4 is 5.32 Å². The van der Waals surface area contributed by atoms with Crippen LogP contribution in [0.3, 0.4) is 0 Å². The topological polar surface area (TPSA) is 90.0 Å². The van der Waals surface area contributed by atoms with Gasteiger partial charge in [0.15, 0.2) is 0 Å². The molecule has 1 atom stereocenters. The molecule has 0 radical (unpaired) electrons. The van der Waals surface area contributed by atoms with Gasteiger partial charge < -0.3 is 15.1 Å². The average molecular weight is 445 g/mol. The number of carbonyl (C=O) groups excluding carboxylic acids is 4. The molecule has 0 spiro atoms. The van der Waals surface area contributed by atoms with Crippen LogP contribution in [0.15, 0.2) is 11.4 Å². The highest BCUT2D eigenvalue weighted by Crippen LogP contribution is 2.26. The molecule has 29 heavy (non-hydrogen) atoms. The number of amides is 5. The molecule has 1 aromatic rings. The van der Waals surface area contributed by atoms with Crippen molar-refractivity contribution in [1.29, 1.82) is 0 Å². The third kappa shape index (κ3) is 4.37. The Hall–Kier alpha value is -2.20. The SMILES string of the molecule is CC1(F)CN(C(=O)CN2C(=O)NC(C)(C)C2=O)CCN(C(=O)c2sccc2Cl)C1. The number of imide groups is 1. The van der Waals surface area contributed by atoms with E-state index >= 15 is 4.39 Å². The summed E-state index contributed by atoms with van der Waals surface area (Å²) >= 11 is 7.19. The predicted molar refractivity (Wildman–Crippen MR) is 106 cm³/mol. The molecule has 1 aromatic heterocycles. The second-order valence-electron chi connectivity index (χ2n) is 8.00.